The minimum Gasteiger partial charge on any atom is -0.489 e. The SMILES string of the molecule is CC(=CCOc1ccccc1C(F)(F)F)C(=O)O. The van der Waals surface area contributed by atoms with E-state index in [2.05, 4.69) is 0 Å². The maximum Gasteiger partial charge on any atom is 0.419 e. The van der Waals surface area contributed by atoms with E-state index in [1.54, 1.807) is 0 Å². The molecule has 98 valence electrons. The molecule has 0 radical (unpaired) electrons. The fourth-order valence-corrected chi connectivity index (χ4v) is 1.17. The van der Waals surface area contributed by atoms with Gasteiger partial charge in [-0.1, -0.05) is 12.1 Å². The number of benzene rings is 1. The minimum atomic E-state index is -4.50. The Bertz CT molecular complexity index is 464. The predicted molar refractivity (Wildman–Crippen MR) is 58.3 cm³/mol. The van der Waals surface area contributed by atoms with E-state index in [0.717, 1.165) is 6.07 Å². The fourth-order valence-electron chi connectivity index (χ4n) is 1.17. The van der Waals surface area contributed by atoms with E-state index < -0.39 is 17.7 Å². The summed E-state index contributed by atoms with van der Waals surface area (Å²) < 4.78 is 42.6. The number of carboxylic acid groups (broad SMARTS) is 1. The summed E-state index contributed by atoms with van der Waals surface area (Å²) >= 11 is 0. The van der Waals surface area contributed by atoms with Crippen molar-refractivity contribution in [1.82, 2.24) is 0 Å². The number of ether oxygens (including phenoxy) is 1. The third kappa shape index (κ3) is 3.80. The second-order valence-corrected chi connectivity index (χ2v) is 3.50. The smallest absolute Gasteiger partial charge is 0.419 e. The highest BCUT2D eigenvalue weighted by Gasteiger charge is 2.33. The van der Waals surface area contributed by atoms with Crippen LogP contribution in [0.25, 0.3) is 0 Å². The van der Waals surface area contributed by atoms with Crippen molar-refractivity contribution in [2.75, 3.05) is 6.61 Å². The standard InChI is InChI=1S/C12H11F3O3/c1-8(11(16)17)6-7-18-10-5-3-2-4-9(10)12(13,14)15/h2-6H,7H2,1H3,(H,16,17). The monoisotopic (exact) mass is 260 g/mol. The molecular formula is C12H11F3O3. The van der Waals surface area contributed by atoms with E-state index in [1.807, 2.05) is 0 Å². The molecule has 1 rings (SSSR count). The minimum absolute atomic E-state index is 0.0134. The van der Waals surface area contributed by atoms with Gasteiger partial charge in [0.05, 0.1) is 5.56 Å². The van der Waals surface area contributed by atoms with Gasteiger partial charge in [-0.2, -0.15) is 13.2 Å². The average molecular weight is 260 g/mol. The Balaban J connectivity index is 2.80. The van der Waals surface area contributed by atoms with Gasteiger partial charge in [-0.05, 0) is 25.1 Å². The Morgan fingerprint density at radius 2 is 2.00 bits per heavy atom. The van der Waals surface area contributed by atoms with Crippen molar-refractivity contribution in [3.8, 4) is 5.75 Å². The highest BCUT2D eigenvalue weighted by molar-refractivity contribution is 5.85. The van der Waals surface area contributed by atoms with E-state index in [0.29, 0.717) is 0 Å². The highest BCUT2D eigenvalue weighted by atomic mass is 19.4. The number of aliphatic carboxylic acids is 1. The lowest BCUT2D eigenvalue weighted by molar-refractivity contribution is -0.139. The van der Waals surface area contributed by atoms with Crippen molar-refractivity contribution in [3.63, 3.8) is 0 Å². The fraction of sp³-hybridized carbons (Fsp3) is 0.250. The summed E-state index contributed by atoms with van der Waals surface area (Å²) in [6.07, 6.45) is -3.29. The quantitative estimate of drug-likeness (QED) is 0.846. The zero-order valence-electron chi connectivity index (χ0n) is 9.49. The molecule has 0 unspecified atom stereocenters. The molecule has 1 aromatic carbocycles. The summed E-state index contributed by atoms with van der Waals surface area (Å²) in [7, 11) is 0. The van der Waals surface area contributed by atoms with Crippen LogP contribution in [0.3, 0.4) is 0 Å². The molecule has 0 amide bonds. The van der Waals surface area contributed by atoms with Gasteiger partial charge in [0.1, 0.15) is 12.4 Å². The number of carbonyl (C=O) groups is 1. The molecule has 1 N–H and O–H groups in total. The van der Waals surface area contributed by atoms with E-state index in [4.69, 9.17) is 9.84 Å². The van der Waals surface area contributed by atoms with Gasteiger partial charge in [0, 0.05) is 5.57 Å². The molecular weight excluding hydrogens is 249 g/mol. The molecule has 0 bridgehead atoms. The van der Waals surface area contributed by atoms with Gasteiger partial charge in [-0.25, -0.2) is 4.79 Å². The molecule has 0 aliphatic heterocycles. The molecule has 0 aliphatic carbocycles. The summed E-state index contributed by atoms with van der Waals surface area (Å²) in [4.78, 5) is 10.5. The van der Waals surface area contributed by atoms with Gasteiger partial charge in [0.25, 0.3) is 0 Å². The van der Waals surface area contributed by atoms with Gasteiger partial charge >= 0.3 is 12.1 Å². The van der Waals surface area contributed by atoms with Crippen LogP contribution >= 0.6 is 0 Å². The molecule has 1 aromatic rings. The molecule has 0 aliphatic rings. The first-order chi connectivity index (χ1) is 8.32. The van der Waals surface area contributed by atoms with Crippen LogP contribution in [0, 0.1) is 0 Å². The Labute approximate surface area is 101 Å². The van der Waals surface area contributed by atoms with Crippen LogP contribution in [0.5, 0.6) is 5.75 Å². The van der Waals surface area contributed by atoms with Crippen molar-refractivity contribution in [2.45, 2.75) is 13.1 Å². The normalized spacial score (nSPS) is 12.3. The van der Waals surface area contributed by atoms with E-state index in [1.165, 1.54) is 31.2 Å². The van der Waals surface area contributed by atoms with Crippen molar-refractivity contribution >= 4 is 5.97 Å². The molecule has 0 heterocycles. The zero-order valence-corrected chi connectivity index (χ0v) is 9.49. The lowest BCUT2D eigenvalue weighted by Gasteiger charge is -2.12. The Morgan fingerprint density at radius 1 is 1.39 bits per heavy atom. The third-order valence-electron chi connectivity index (χ3n) is 2.16. The second kappa shape index (κ2) is 5.57. The number of hydrogen-bond donors (Lipinski definition) is 1. The number of halogens is 3. The molecule has 0 saturated carbocycles. The van der Waals surface area contributed by atoms with Crippen LogP contribution in [0.4, 0.5) is 13.2 Å². The Kier molecular flexibility index (Phi) is 4.36. The first-order valence-electron chi connectivity index (χ1n) is 5.01. The Morgan fingerprint density at radius 3 is 2.56 bits per heavy atom. The van der Waals surface area contributed by atoms with Crippen molar-refractivity contribution in [3.05, 3.63) is 41.5 Å². The Hall–Kier alpha value is -1.98. The molecule has 0 atom stereocenters. The van der Waals surface area contributed by atoms with Crippen molar-refractivity contribution in [2.24, 2.45) is 0 Å². The topological polar surface area (TPSA) is 46.5 Å². The van der Waals surface area contributed by atoms with Gasteiger partial charge in [0.2, 0.25) is 0 Å². The molecule has 0 fully saturated rings. The first-order valence-corrected chi connectivity index (χ1v) is 5.01. The van der Waals surface area contributed by atoms with Crippen LogP contribution in [-0.2, 0) is 11.0 Å². The number of alkyl halides is 3. The van der Waals surface area contributed by atoms with Crippen molar-refractivity contribution < 1.29 is 27.8 Å². The van der Waals surface area contributed by atoms with E-state index in [-0.39, 0.29) is 17.9 Å². The van der Waals surface area contributed by atoms with Crippen LogP contribution < -0.4 is 4.74 Å². The second-order valence-electron chi connectivity index (χ2n) is 3.50. The molecule has 0 saturated heterocycles. The van der Waals surface area contributed by atoms with Gasteiger partial charge < -0.3 is 9.84 Å². The molecule has 0 aromatic heterocycles. The number of para-hydroxylation sites is 1. The lowest BCUT2D eigenvalue weighted by Crippen LogP contribution is -2.09. The first kappa shape index (κ1) is 14.1. The molecule has 18 heavy (non-hydrogen) atoms. The maximum absolute atomic E-state index is 12.6. The summed E-state index contributed by atoms with van der Waals surface area (Å²) in [5, 5.41) is 8.56. The highest BCUT2D eigenvalue weighted by Crippen LogP contribution is 2.35. The zero-order chi connectivity index (χ0) is 13.8. The maximum atomic E-state index is 12.6. The lowest BCUT2D eigenvalue weighted by atomic mass is 10.2. The van der Waals surface area contributed by atoms with Gasteiger partial charge in [0.15, 0.2) is 0 Å². The van der Waals surface area contributed by atoms with E-state index in [9.17, 15) is 18.0 Å². The number of hydrogen-bond acceptors (Lipinski definition) is 2. The molecule has 6 heteroatoms. The largest absolute Gasteiger partial charge is 0.489 e. The number of carboxylic acids is 1. The van der Waals surface area contributed by atoms with E-state index >= 15 is 0 Å². The third-order valence-corrected chi connectivity index (χ3v) is 2.16. The van der Waals surface area contributed by atoms with Crippen LogP contribution in [0.1, 0.15) is 12.5 Å². The molecule has 0 spiro atoms. The predicted octanol–water partition coefficient (Wildman–Crippen LogP) is 3.12. The van der Waals surface area contributed by atoms with Gasteiger partial charge in [-0.15, -0.1) is 0 Å². The van der Waals surface area contributed by atoms with Gasteiger partial charge in [-0.3, -0.25) is 0 Å². The average Bonchev–Trinajstić information content (AvgIpc) is 2.28. The van der Waals surface area contributed by atoms with Crippen molar-refractivity contribution in [1.29, 1.82) is 0 Å². The molecule has 3 nitrogen and oxygen atoms in total. The summed E-state index contributed by atoms with van der Waals surface area (Å²) in [5.74, 6) is -1.46. The summed E-state index contributed by atoms with van der Waals surface area (Å²) in [5.41, 5.74) is -0.870. The van der Waals surface area contributed by atoms with Crippen LogP contribution in [0.2, 0.25) is 0 Å². The van der Waals surface area contributed by atoms with Crippen LogP contribution in [-0.4, -0.2) is 17.7 Å². The number of rotatable bonds is 4. The summed E-state index contributed by atoms with van der Waals surface area (Å²) in [6, 6.07) is 4.77. The van der Waals surface area contributed by atoms with Crippen LogP contribution in [0.15, 0.2) is 35.9 Å². The summed E-state index contributed by atoms with van der Waals surface area (Å²) in [6.45, 7) is 1.10.